The van der Waals surface area contributed by atoms with Gasteiger partial charge < -0.3 is 10.3 Å². The van der Waals surface area contributed by atoms with Gasteiger partial charge in [0.05, 0.1) is 40.5 Å². The minimum atomic E-state index is -0.117. The molecule has 0 radical (unpaired) electrons. The first-order chi connectivity index (χ1) is 17.1. The van der Waals surface area contributed by atoms with E-state index in [4.69, 9.17) is 4.98 Å². The largest absolute Gasteiger partial charge is 0.352 e. The normalized spacial score (nSPS) is 11.5. The highest BCUT2D eigenvalue weighted by Crippen LogP contribution is 2.34. The van der Waals surface area contributed by atoms with Crippen LogP contribution in [0.4, 0.5) is 5.69 Å². The molecule has 6 rings (SSSR count). The molecule has 0 aromatic carbocycles. The summed E-state index contributed by atoms with van der Waals surface area (Å²) in [5.74, 6) is -0.173. The molecule has 6 aromatic heterocycles. The van der Waals surface area contributed by atoms with Crippen molar-refractivity contribution in [1.29, 1.82) is 0 Å². The summed E-state index contributed by atoms with van der Waals surface area (Å²) in [4.78, 5) is 29.2. The molecular formula is C26H21N7OS. The summed E-state index contributed by atoms with van der Waals surface area (Å²) < 4.78 is 0. The number of aromatic amines is 2. The number of carbonyl (C=O) groups excluding carboxylic acids is 1. The summed E-state index contributed by atoms with van der Waals surface area (Å²) in [5, 5.41) is 15.8. The summed E-state index contributed by atoms with van der Waals surface area (Å²) in [7, 11) is 0. The Morgan fingerprint density at radius 1 is 1.00 bits per heavy atom. The van der Waals surface area contributed by atoms with Crippen molar-refractivity contribution in [1.82, 2.24) is 30.1 Å². The number of pyridine rings is 3. The second-order valence-electron chi connectivity index (χ2n) is 8.61. The van der Waals surface area contributed by atoms with E-state index in [9.17, 15) is 4.79 Å². The van der Waals surface area contributed by atoms with Crippen LogP contribution in [-0.4, -0.2) is 36.0 Å². The van der Waals surface area contributed by atoms with Crippen LogP contribution in [0.25, 0.3) is 55.7 Å². The summed E-state index contributed by atoms with van der Waals surface area (Å²) in [5.41, 5.74) is 8.50. The molecule has 0 aliphatic heterocycles. The van der Waals surface area contributed by atoms with E-state index in [1.165, 1.54) is 0 Å². The molecule has 0 spiro atoms. The number of nitrogens with zero attached hydrogens (tertiary/aromatic N) is 4. The van der Waals surface area contributed by atoms with Gasteiger partial charge in [0.25, 0.3) is 0 Å². The van der Waals surface area contributed by atoms with Crippen LogP contribution in [0.5, 0.6) is 0 Å². The Kier molecular flexibility index (Phi) is 5.11. The number of hydrogen-bond acceptors (Lipinski definition) is 6. The highest BCUT2D eigenvalue weighted by atomic mass is 32.1. The maximum absolute atomic E-state index is 12.1. The first kappa shape index (κ1) is 21.2. The molecule has 0 saturated heterocycles. The minimum absolute atomic E-state index is 0.0559. The molecule has 0 saturated carbocycles. The van der Waals surface area contributed by atoms with Crippen molar-refractivity contribution in [2.45, 2.75) is 13.8 Å². The molecule has 0 aliphatic carbocycles. The van der Waals surface area contributed by atoms with E-state index in [0.29, 0.717) is 5.69 Å². The number of fused-ring (bicyclic) bond motifs is 2. The van der Waals surface area contributed by atoms with E-state index < -0.39 is 0 Å². The van der Waals surface area contributed by atoms with Crippen molar-refractivity contribution in [2.24, 2.45) is 5.92 Å². The fourth-order valence-electron chi connectivity index (χ4n) is 4.01. The van der Waals surface area contributed by atoms with E-state index in [-0.39, 0.29) is 11.8 Å². The SMILES string of the molecule is CC(C)C(=O)Nc1cncc(-c2ccc3[nH]nc(-c4cc5c(-c6ccsc6)cncc5[nH]4)c3n2)c1. The van der Waals surface area contributed by atoms with E-state index in [0.717, 1.165) is 55.7 Å². The van der Waals surface area contributed by atoms with Gasteiger partial charge in [-0.15, -0.1) is 0 Å². The van der Waals surface area contributed by atoms with Crippen LogP contribution in [0.1, 0.15) is 13.8 Å². The predicted octanol–water partition coefficient (Wildman–Crippen LogP) is 5.89. The van der Waals surface area contributed by atoms with E-state index in [2.05, 4.69) is 53.4 Å². The monoisotopic (exact) mass is 479 g/mol. The van der Waals surface area contributed by atoms with Crippen LogP contribution in [-0.2, 0) is 4.79 Å². The highest BCUT2D eigenvalue weighted by molar-refractivity contribution is 7.08. The zero-order valence-corrected chi connectivity index (χ0v) is 19.9. The molecule has 35 heavy (non-hydrogen) atoms. The van der Waals surface area contributed by atoms with Gasteiger partial charge in [0.15, 0.2) is 0 Å². The number of nitrogens with one attached hydrogen (secondary N) is 3. The summed E-state index contributed by atoms with van der Waals surface area (Å²) in [6.45, 7) is 3.71. The lowest BCUT2D eigenvalue weighted by Gasteiger charge is -2.08. The molecule has 172 valence electrons. The second kappa shape index (κ2) is 8.44. The fraction of sp³-hybridized carbons (Fsp3) is 0.115. The molecule has 6 heterocycles. The summed E-state index contributed by atoms with van der Waals surface area (Å²) >= 11 is 1.66. The zero-order chi connectivity index (χ0) is 23.9. The lowest BCUT2D eigenvalue weighted by Crippen LogP contribution is -2.17. The van der Waals surface area contributed by atoms with Crippen LogP contribution in [0.15, 0.2) is 65.9 Å². The Balaban J connectivity index is 1.41. The highest BCUT2D eigenvalue weighted by Gasteiger charge is 2.16. The zero-order valence-electron chi connectivity index (χ0n) is 19.0. The molecule has 0 bridgehead atoms. The first-order valence-electron chi connectivity index (χ1n) is 11.2. The molecule has 1 amide bonds. The van der Waals surface area contributed by atoms with Gasteiger partial charge in [0, 0.05) is 34.8 Å². The van der Waals surface area contributed by atoms with Crippen molar-refractivity contribution in [2.75, 3.05) is 5.32 Å². The Morgan fingerprint density at radius 2 is 1.89 bits per heavy atom. The molecular weight excluding hydrogens is 458 g/mol. The number of amides is 1. The third kappa shape index (κ3) is 3.85. The lowest BCUT2D eigenvalue weighted by atomic mass is 10.1. The fourth-order valence-corrected chi connectivity index (χ4v) is 4.66. The number of thiophene rings is 1. The van der Waals surface area contributed by atoms with Crippen LogP contribution < -0.4 is 5.32 Å². The van der Waals surface area contributed by atoms with Gasteiger partial charge >= 0.3 is 0 Å². The molecule has 6 aromatic rings. The van der Waals surface area contributed by atoms with Gasteiger partial charge in [-0.3, -0.25) is 19.9 Å². The Hall–Kier alpha value is -4.37. The molecule has 0 unspecified atom stereocenters. The van der Waals surface area contributed by atoms with Crippen molar-refractivity contribution >= 4 is 44.9 Å². The van der Waals surface area contributed by atoms with E-state index in [1.54, 1.807) is 23.7 Å². The third-order valence-electron chi connectivity index (χ3n) is 5.87. The minimum Gasteiger partial charge on any atom is -0.352 e. The third-order valence-corrected chi connectivity index (χ3v) is 6.55. The number of aromatic nitrogens is 6. The molecule has 9 heteroatoms. The maximum atomic E-state index is 12.1. The van der Waals surface area contributed by atoms with Crippen molar-refractivity contribution < 1.29 is 4.79 Å². The average Bonchev–Trinajstić information content (AvgIpc) is 3.62. The Bertz CT molecular complexity index is 1680. The van der Waals surface area contributed by atoms with Crippen molar-refractivity contribution in [3.63, 3.8) is 0 Å². The van der Waals surface area contributed by atoms with Gasteiger partial charge in [0.2, 0.25) is 5.91 Å². The van der Waals surface area contributed by atoms with Crippen molar-refractivity contribution in [3.05, 3.63) is 65.9 Å². The molecule has 0 aliphatic rings. The topological polar surface area (TPSA) is 112 Å². The predicted molar refractivity (Wildman–Crippen MR) is 139 cm³/mol. The van der Waals surface area contributed by atoms with Crippen LogP contribution >= 0.6 is 11.3 Å². The first-order valence-corrected chi connectivity index (χ1v) is 12.1. The summed E-state index contributed by atoms with van der Waals surface area (Å²) in [6, 6.07) is 9.94. The van der Waals surface area contributed by atoms with Gasteiger partial charge in [-0.2, -0.15) is 16.4 Å². The molecule has 3 N–H and O–H groups in total. The Morgan fingerprint density at radius 3 is 2.71 bits per heavy atom. The quantitative estimate of drug-likeness (QED) is 0.286. The molecule has 0 atom stereocenters. The average molecular weight is 480 g/mol. The van der Waals surface area contributed by atoms with Crippen molar-refractivity contribution in [3.8, 4) is 33.8 Å². The van der Waals surface area contributed by atoms with Gasteiger partial charge in [-0.05, 0) is 46.7 Å². The number of carbonyl (C=O) groups is 1. The van der Waals surface area contributed by atoms with Gasteiger partial charge in [0.1, 0.15) is 11.2 Å². The lowest BCUT2D eigenvalue weighted by molar-refractivity contribution is -0.118. The maximum Gasteiger partial charge on any atom is 0.226 e. The molecule has 8 nitrogen and oxygen atoms in total. The van der Waals surface area contributed by atoms with Gasteiger partial charge in [-0.25, -0.2) is 4.98 Å². The van der Waals surface area contributed by atoms with E-state index >= 15 is 0 Å². The number of anilines is 1. The summed E-state index contributed by atoms with van der Waals surface area (Å²) in [6.07, 6.45) is 7.08. The van der Waals surface area contributed by atoms with E-state index in [1.807, 2.05) is 44.4 Å². The standard InChI is InChI=1S/C26H21N7OS/c1-14(2)26(34)29-17-7-16(9-27-10-17)20-3-4-21-24(31-20)25(33-32-21)22-8-18-19(15-5-6-35-13-15)11-28-12-23(18)30-22/h3-14,30H,1-2H3,(H,29,34)(H,32,33). The van der Waals surface area contributed by atoms with Gasteiger partial charge in [-0.1, -0.05) is 13.8 Å². The number of hydrogen-bond donors (Lipinski definition) is 3. The smallest absolute Gasteiger partial charge is 0.226 e. The van der Waals surface area contributed by atoms with Crippen LogP contribution in [0.2, 0.25) is 0 Å². The number of rotatable bonds is 5. The molecule has 0 fully saturated rings. The second-order valence-corrected chi connectivity index (χ2v) is 9.39. The van der Waals surface area contributed by atoms with Crippen LogP contribution in [0, 0.1) is 5.92 Å². The Labute approximate surface area is 204 Å². The van der Waals surface area contributed by atoms with Crippen LogP contribution in [0.3, 0.4) is 0 Å². The number of H-pyrrole nitrogens is 2.